The van der Waals surface area contributed by atoms with Crippen LogP contribution in [0.3, 0.4) is 0 Å². The van der Waals surface area contributed by atoms with Crippen LogP contribution in [0.5, 0.6) is 0 Å². The molecule has 1 aromatic heterocycles. The lowest BCUT2D eigenvalue weighted by Gasteiger charge is -2.28. The van der Waals surface area contributed by atoms with E-state index in [-0.39, 0.29) is 17.7 Å². The molecule has 1 aliphatic heterocycles. The van der Waals surface area contributed by atoms with Crippen LogP contribution in [0, 0.1) is 5.92 Å². The number of Topliss-reactive ketones (excluding diaryl/α,β-unsaturated/α-hetero) is 1. The van der Waals surface area contributed by atoms with Gasteiger partial charge in [0.25, 0.3) is 5.56 Å². The number of anilines is 1. The molecule has 0 spiro atoms. The summed E-state index contributed by atoms with van der Waals surface area (Å²) in [6.07, 6.45) is 10.7. The van der Waals surface area contributed by atoms with Crippen molar-refractivity contribution in [1.82, 2.24) is 4.57 Å². The molecule has 2 aliphatic carbocycles. The molecule has 0 bridgehead atoms. The fourth-order valence-electron chi connectivity index (χ4n) is 5.59. The molecule has 6 nitrogen and oxygen atoms in total. The molecule has 0 amide bonds. The lowest BCUT2D eigenvalue weighted by atomic mass is 9.77. The number of carbonyl (C=O) groups excluding carboxylic acids is 2. The zero-order chi connectivity index (χ0) is 27.7. The van der Waals surface area contributed by atoms with Crippen molar-refractivity contribution >= 4 is 51.7 Å². The first-order valence-corrected chi connectivity index (χ1v) is 15.3. The van der Waals surface area contributed by atoms with Crippen molar-refractivity contribution < 1.29 is 14.3 Å². The number of allylic oxidation sites excluding steroid dienone is 5. The van der Waals surface area contributed by atoms with Crippen LogP contribution in [0.15, 0.2) is 68.4 Å². The lowest BCUT2D eigenvalue weighted by molar-refractivity contribution is -0.137. The summed E-state index contributed by atoms with van der Waals surface area (Å²) >= 11 is 3.06. The number of aromatic nitrogens is 1. The molecule has 0 radical (unpaired) electrons. The van der Waals surface area contributed by atoms with Crippen molar-refractivity contribution in [2.24, 2.45) is 5.92 Å². The molecular weight excluding hydrogens is 528 g/mol. The van der Waals surface area contributed by atoms with Crippen LogP contribution in [0.25, 0.3) is 11.1 Å². The zero-order valence-electron chi connectivity index (χ0n) is 22.9. The Morgan fingerprint density at radius 1 is 1.08 bits per heavy atom. The van der Waals surface area contributed by atoms with E-state index in [1.54, 1.807) is 6.92 Å². The molecule has 0 fully saturated rings. The maximum absolute atomic E-state index is 13.5. The molecule has 0 saturated carbocycles. The van der Waals surface area contributed by atoms with Gasteiger partial charge in [-0.1, -0.05) is 36.0 Å². The minimum absolute atomic E-state index is 0.0454. The summed E-state index contributed by atoms with van der Waals surface area (Å²) in [5.74, 6) is -0.581. The number of carbonyl (C=O) groups is 2. The van der Waals surface area contributed by atoms with Crippen molar-refractivity contribution in [3.05, 3.63) is 78.2 Å². The van der Waals surface area contributed by atoms with Crippen molar-refractivity contribution in [1.29, 1.82) is 0 Å². The molecule has 3 aliphatic rings. The maximum atomic E-state index is 13.5. The number of hydrogen-bond acceptors (Lipinski definition) is 7. The third kappa shape index (κ3) is 5.24. The highest BCUT2D eigenvalue weighted by Gasteiger charge is 2.27. The summed E-state index contributed by atoms with van der Waals surface area (Å²) in [4.78, 5) is 42.2. The minimum atomic E-state index is -0.673. The quantitative estimate of drug-likeness (QED) is 0.368. The average Bonchev–Trinajstić information content (AvgIpc) is 3.44. The Kier molecular flexibility index (Phi) is 8.14. The molecule has 1 unspecified atom stereocenters. The first-order valence-electron chi connectivity index (χ1n) is 13.7. The molecule has 1 atom stereocenters. The topological polar surface area (TPSA) is 68.6 Å². The number of ketones is 1. The predicted octanol–water partition coefficient (Wildman–Crippen LogP) is 4.91. The highest BCUT2D eigenvalue weighted by atomic mass is 32.2. The Balaban J connectivity index is 1.58. The van der Waals surface area contributed by atoms with Gasteiger partial charge in [-0.2, -0.15) is 0 Å². The van der Waals surface area contributed by atoms with Gasteiger partial charge in [-0.05, 0) is 94.2 Å². The monoisotopic (exact) mass is 562 g/mol. The number of esters is 1. The molecular formula is C31H34N2O4S2. The van der Waals surface area contributed by atoms with Crippen molar-refractivity contribution in [2.45, 2.75) is 64.8 Å². The van der Waals surface area contributed by atoms with Crippen molar-refractivity contribution in [3.63, 3.8) is 0 Å². The smallest absolute Gasteiger partial charge is 0.344 e. The standard InChI is InChI=1S/C31H34N2O4S2/c1-5-32-24-10-8-9-11-25(24)38-26(32)17-20-12-13-21-14-15-22(18-23(21)16-20)28-29(35)33(6-2)30(39-28)27(19(4)34)31(36)37-7-3/h8-11,16-18,21H,5-7,12-15H2,1-4H3/b26-17-,28-22+,30-27+. The minimum Gasteiger partial charge on any atom is -0.462 e. The molecule has 2 aromatic rings. The lowest BCUT2D eigenvalue weighted by Crippen LogP contribution is -2.34. The van der Waals surface area contributed by atoms with Gasteiger partial charge in [-0.3, -0.25) is 14.2 Å². The van der Waals surface area contributed by atoms with E-state index in [0.717, 1.165) is 37.8 Å². The summed E-state index contributed by atoms with van der Waals surface area (Å²) in [7, 11) is 0. The number of thiazole rings is 1. The molecule has 5 rings (SSSR count). The molecule has 0 saturated heterocycles. The molecule has 2 heterocycles. The van der Waals surface area contributed by atoms with Gasteiger partial charge in [0.2, 0.25) is 0 Å². The fourth-order valence-corrected chi connectivity index (χ4v) is 8.13. The first-order chi connectivity index (χ1) is 18.9. The largest absolute Gasteiger partial charge is 0.462 e. The van der Waals surface area contributed by atoms with E-state index in [4.69, 9.17) is 4.74 Å². The normalized spacial score (nSPS) is 21.7. The summed E-state index contributed by atoms with van der Waals surface area (Å²) in [5.41, 5.74) is 4.63. The summed E-state index contributed by atoms with van der Waals surface area (Å²) in [5, 5.41) is 1.25. The fraction of sp³-hybridized carbons (Fsp3) is 0.387. The van der Waals surface area contributed by atoms with Gasteiger partial charge in [0.1, 0.15) is 10.2 Å². The zero-order valence-corrected chi connectivity index (χ0v) is 24.5. The van der Waals surface area contributed by atoms with Gasteiger partial charge < -0.3 is 9.64 Å². The van der Waals surface area contributed by atoms with E-state index >= 15 is 0 Å². The first kappa shape index (κ1) is 27.5. The summed E-state index contributed by atoms with van der Waals surface area (Å²) in [6.45, 7) is 8.55. The predicted molar refractivity (Wildman–Crippen MR) is 159 cm³/mol. The third-order valence-electron chi connectivity index (χ3n) is 7.51. The number of benzene rings is 1. The molecule has 0 N–H and O–H groups in total. The second-order valence-electron chi connectivity index (χ2n) is 9.90. The number of thioether (sulfide) groups is 1. The third-order valence-corrected chi connectivity index (χ3v) is 9.88. The Bertz CT molecular complexity index is 1610. The number of rotatable bonds is 6. The van der Waals surface area contributed by atoms with Crippen molar-refractivity contribution in [2.75, 3.05) is 18.1 Å². The number of nitrogens with zero attached hydrogens (tertiary/aromatic N) is 2. The van der Waals surface area contributed by atoms with E-state index in [9.17, 15) is 14.4 Å². The van der Waals surface area contributed by atoms with Crippen molar-refractivity contribution in [3.8, 4) is 0 Å². The Labute approximate surface area is 237 Å². The van der Waals surface area contributed by atoms with E-state index in [2.05, 4.69) is 54.3 Å². The van der Waals surface area contributed by atoms with Gasteiger partial charge in [0, 0.05) is 18.0 Å². The molecule has 1 aromatic carbocycles. The summed E-state index contributed by atoms with van der Waals surface area (Å²) < 4.78 is 7.68. The van der Waals surface area contributed by atoms with Crippen LogP contribution < -0.4 is 19.7 Å². The molecule has 8 heteroatoms. The van der Waals surface area contributed by atoms with Gasteiger partial charge in [-0.25, -0.2) is 4.79 Å². The van der Waals surface area contributed by atoms with Crippen LogP contribution in [0.4, 0.5) is 5.69 Å². The highest BCUT2D eigenvalue weighted by molar-refractivity contribution is 8.03. The number of hydrogen-bond donors (Lipinski definition) is 0. The SMILES string of the molecule is CCOC(=O)/C(C(C)=O)=c1/s/c(=C2/C=C3C=C(/C=C4\Sc5ccccc5N4CC)CCC3CC2)c(=O)n1CC. The van der Waals surface area contributed by atoms with Crippen LogP contribution in [-0.4, -0.2) is 29.5 Å². The van der Waals surface area contributed by atoms with Crippen LogP contribution >= 0.6 is 23.1 Å². The second kappa shape index (κ2) is 11.6. The number of fused-ring (bicyclic) bond motifs is 2. The van der Waals surface area contributed by atoms with E-state index < -0.39 is 11.8 Å². The second-order valence-corrected chi connectivity index (χ2v) is 12.0. The highest BCUT2D eigenvalue weighted by Crippen LogP contribution is 2.47. The maximum Gasteiger partial charge on any atom is 0.344 e. The molecule has 39 heavy (non-hydrogen) atoms. The van der Waals surface area contributed by atoms with Crippen LogP contribution in [0.2, 0.25) is 0 Å². The van der Waals surface area contributed by atoms with Crippen LogP contribution in [0.1, 0.15) is 53.4 Å². The van der Waals surface area contributed by atoms with Gasteiger partial charge in [0.15, 0.2) is 5.78 Å². The number of para-hydroxylation sites is 1. The van der Waals surface area contributed by atoms with Gasteiger partial charge in [0.05, 0.1) is 21.9 Å². The Morgan fingerprint density at radius 2 is 1.85 bits per heavy atom. The molecule has 204 valence electrons. The number of ether oxygens (including phenoxy) is 1. The average molecular weight is 563 g/mol. The van der Waals surface area contributed by atoms with Gasteiger partial charge >= 0.3 is 5.97 Å². The van der Waals surface area contributed by atoms with E-state index in [0.29, 0.717) is 21.7 Å². The van der Waals surface area contributed by atoms with E-state index in [1.807, 2.05) is 18.7 Å². The van der Waals surface area contributed by atoms with E-state index in [1.165, 1.54) is 49.6 Å². The van der Waals surface area contributed by atoms with Gasteiger partial charge in [-0.15, -0.1) is 11.3 Å². The Hall–Kier alpha value is -3.10. The van der Waals surface area contributed by atoms with Crippen LogP contribution in [-0.2, 0) is 20.9 Å². The summed E-state index contributed by atoms with van der Waals surface area (Å²) in [6, 6.07) is 8.53. The Morgan fingerprint density at radius 3 is 2.56 bits per heavy atom.